The SMILES string of the molecule is CC(C)(C)C1CCN(c2nc(C(F)(F)F)ccc2CN)C1. The maximum absolute atomic E-state index is 12.8. The fourth-order valence-corrected chi connectivity index (χ4v) is 2.73. The first kappa shape index (κ1) is 16.1. The minimum atomic E-state index is -4.43. The molecular weight excluding hydrogens is 279 g/mol. The van der Waals surface area contributed by atoms with Crippen molar-refractivity contribution < 1.29 is 13.2 Å². The second kappa shape index (κ2) is 5.48. The molecule has 21 heavy (non-hydrogen) atoms. The summed E-state index contributed by atoms with van der Waals surface area (Å²) in [5.41, 5.74) is 5.60. The molecule has 1 fully saturated rings. The molecule has 2 rings (SSSR count). The summed E-state index contributed by atoms with van der Waals surface area (Å²) in [6.07, 6.45) is -3.46. The molecule has 1 aromatic heterocycles. The fourth-order valence-electron chi connectivity index (χ4n) is 2.73. The van der Waals surface area contributed by atoms with E-state index in [-0.39, 0.29) is 12.0 Å². The highest BCUT2D eigenvalue weighted by Gasteiger charge is 2.36. The van der Waals surface area contributed by atoms with Crippen molar-refractivity contribution in [2.45, 2.75) is 39.9 Å². The average Bonchev–Trinajstić information content (AvgIpc) is 2.86. The summed E-state index contributed by atoms with van der Waals surface area (Å²) in [6.45, 7) is 8.12. The number of hydrogen-bond donors (Lipinski definition) is 1. The average molecular weight is 301 g/mol. The predicted octanol–water partition coefficient (Wildman–Crippen LogP) is 3.43. The van der Waals surface area contributed by atoms with Gasteiger partial charge in [-0.2, -0.15) is 13.2 Å². The topological polar surface area (TPSA) is 42.2 Å². The van der Waals surface area contributed by atoms with Gasteiger partial charge in [-0.25, -0.2) is 4.98 Å². The number of nitrogens with two attached hydrogens (primary N) is 1. The monoisotopic (exact) mass is 301 g/mol. The van der Waals surface area contributed by atoms with Gasteiger partial charge in [0, 0.05) is 25.2 Å². The van der Waals surface area contributed by atoms with Gasteiger partial charge in [0.2, 0.25) is 0 Å². The van der Waals surface area contributed by atoms with Crippen LogP contribution in [0.25, 0.3) is 0 Å². The van der Waals surface area contributed by atoms with Crippen LogP contribution in [-0.2, 0) is 12.7 Å². The maximum atomic E-state index is 12.8. The quantitative estimate of drug-likeness (QED) is 0.910. The van der Waals surface area contributed by atoms with Crippen LogP contribution in [0.1, 0.15) is 38.4 Å². The second-order valence-corrected chi connectivity index (χ2v) is 6.68. The predicted molar refractivity (Wildman–Crippen MR) is 76.9 cm³/mol. The van der Waals surface area contributed by atoms with E-state index in [0.29, 0.717) is 17.3 Å². The Balaban J connectivity index is 2.31. The van der Waals surface area contributed by atoms with Gasteiger partial charge in [0.05, 0.1) is 0 Å². The summed E-state index contributed by atoms with van der Waals surface area (Å²) < 4.78 is 38.5. The highest BCUT2D eigenvalue weighted by molar-refractivity contribution is 5.49. The van der Waals surface area contributed by atoms with Crippen LogP contribution in [-0.4, -0.2) is 18.1 Å². The van der Waals surface area contributed by atoms with Crippen LogP contribution in [0.2, 0.25) is 0 Å². The van der Waals surface area contributed by atoms with Gasteiger partial charge < -0.3 is 10.6 Å². The number of anilines is 1. The van der Waals surface area contributed by atoms with E-state index in [1.807, 2.05) is 4.90 Å². The van der Waals surface area contributed by atoms with Gasteiger partial charge in [-0.1, -0.05) is 26.8 Å². The lowest BCUT2D eigenvalue weighted by molar-refractivity contribution is -0.141. The van der Waals surface area contributed by atoms with Crippen LogP contribution in [0.5, 0.6) is 0 Å². The van der Waals surface area contributed by atoms with Gasteiger partial charge in [0.1, 0.15) is 11.5 Å². The molecule has 1 aliphatic rings. The molecule has 2 heterocycles. The zero-order valence-electron chi connectivity index (χ0n) is 12.7. The van der Waals surface area contributed by atoms with E-state index in [2.05, 4.69) is 25.8 Å². The van der Waals surface area contributed by atoms with Crippen molar-refractivity contribution in [2.24, 2.45) is 17.1 Å². The maximum Gasteiger partial charge on any atom is 0.433 e. The molecule has 1 unspecified atom stereocenters. The highest BCUT2D eigenvalue weighted by atomic mass is 19.4. The van der Waals surface area contributed by atoms with Gasteiger partial charge in [-0.15, -0.1) is 0 Å². The lowest BCUT2D eigenvalue weighted by Crippen LogP contribution is -2.28. The number of pyridine rings is 1. The third-order valence-corrected chi connectivity index (χ3v) is 4.18. The molecule has 2 N–H and O–H groups in total. The molecule has 0 aliphatic carbocycles. The van der Waals surface area contributed by atoms with Crippen molar-refractivity contribution in [3.63, 3.8) is 0 Å². The zero-order chi connectivity index (χ0) is 15.8. The minimum absolute atomic E-state index is 0.138. The number of alkyl halides is 3. The lowest BCUT2D eigenvalue weighted by atomic mass is 9.80. The molecule has 0 bridgehead atoms. The molecule has 1 atom stereocenters. The van der Waals surface area contributed by atoms with Crippen LogP contribution >= 0.6 is 0 Å². The van der Waals surface area contributed by atoms with Crippen LogP contribution in [0.3, 0.4) is 0 Å². The Morgan fingerprint density at radius 1 is 1.29 bits per heavy atom. The second-order valence-electron chi connectivity index (χ2n) is 6.68. The number of halogens is 3. The van der Waals surface area contributed by atoms with E-state index in [9.17, 15) is 13.2 Å². The summed E-state index contributed by atoms with van der Waals surface area (Å²) >= 11 is 0. The Bertz CT molecular complexity index is 506. The Hall–Kier alpha value is -1.30. The summed E-state index contributed by atoms with van der Waals surface area (Å²) in [5.74, 6) is 0.832. The van der Waals surface area contributed by atoms with Gasteiger partial charge in [0.15, 0.2) is 0 Å². The van der Waals surface area contributed by atoms with Crippen molar-refractivity contribution in [3.8, 4) is 0 Å². The van der Waals surface area contributed by atoms with Crippen LogP contribution in [0.4, 0.5) is 19.0 Å². The standard InChI is InChI=1S/C15H22F3N3/c1-14(2,3)11-6-7-21(9-11)13-10(8-19)4-5-12(20-13)15(16,17)18/h4-5,11H,6-9,19H2,1-3H3. The van der Waals surface area contributed by atoms with E-state index >= 15 is 0 Å². The molecular formula is C15H22F3N3. The fraction of sp³-hybridized carbons (Fsp3) is 0.667. The summed E-state index contributed by atoms with van der Waals surface area (Å²) in [5, 5.41) is 0. The van der Waals surface area contributed by atoms with Gasteiger partial charge in [-0.05, 0) is 23.8 Å². The Kier molecular flexibility index (Phi) is 4.19. The molecule has 0 radical (unpaired) electrons. The van der Waals surface area contributed by atoms with Crippen molar-refractivity contribution in [3.05, 3.63) is 23.4 Å². The Morgan fingerprint density at radius 3 is 2.43 bits per heavy atom. The van der Waals surface area contributed by atoms with Gasteiger partial charge in [0.25, 0.3) is 0 Å². The third-order valence-electron chi connectivity index (χ3n) is 4.18. The zero-order valence-corrected chi connectivity index (χ0v) is 12.7. The van der Waals surface area contributed by atoms with E-state index < -0.39 is 11.9 Å². The van der Waals surface area contributed by atoms with Crippen molar-refractivity contribution in [1.82, 2.24) is 4.98 Å². The molecule has 0 aromatic carbocycles. The number of aromatic nitrogens is 1. The van der Waals surface area contributed by atoms with Crippen LogP contribution < -0.4 is 10.6 Å². The smallest absolute Gasteiger partial charge is 0.356 e. The summed E-state index contributed by atoms with van der Waals surface area (Å²) in [4.78, 5) is 5.77. The number of hydrogen-bond acceptors (Lipinski definition) is 3. The molecule has 118 valence electrons. The third kappa shape index (κ3) is 3.48. The Labute approximate surface area is 123 Å². The molecule has 6 heteroatoms. The van der Waals surface area contributed by atoms with Gasteiger partial charge >= 0.3 is 6.18 Å². The van der Waals surface area contributed by atoms with E-state index in [4.69, 9.17) is 5.73 Å². The number of rotatable bonds is 2. The van der Waals surface area contributed by atoms with Crippen molar-refractivity contribution >= 4 is 5.82 Å². The van der Waals surface area contributed by atoms with Crippen LogP contribution in [0.15, 0.2) is 12.1 Å². The van der Waals surface area contributed by atoms with E-state index in [1.165, 1.54) is 6.07 Å². The molecule has 0 saturated carbocycles. The van der Waals surface area contributed by atoms with Crippen molar-refractivity contribution in [2.75, 3.05) is 18.0 Å². The van der Waals surface area contributed by atoms with Crippen molar-refractivity contribution in [1.29, 1.82) is 0 Å². The molecule has 1 aliphatic heterocycles. The first-order valence-corrected chi connectivity index (χ1v) is 7.15. The first-order valence-electron chi connectivity index (χ1n) is 7.15. The highest BCUT2D eigenvalue weighted by Crippen LogP contribution is 2.37. The Morgan fingerprint density at radius 2 is 1.95 bits per heavy atom. The van der Waals surface area contributed by atoms with Crippen LogP contribution in [0, 0.1) is 11.3 Å². The molecule has 0 spiro atoms. The molecule has 3 nitrogen and oxygen atoms in total. The van der Waals surface area contributed by atoms with E-state index in [1.54, 1.807) is 0 Å². The summed E-state index contributed by atoms with van der Waals surface area (Å²) in [6, 6.07) is 2.44. The lowest BCUT2D eigenvalue weighted by Gasteiger charge is -2.28. The molecule has 0 amide bonds. The normalized spacial score (nSPS) is 20.1. The molecule has 1 aromatic rings. The van der Waals surface area contributed by atoms with E-state index in [0.717, 1.165) is 25.6 Å². The number of nitrogens with zero attached hydrogens (tertiary/aromatic N) is 2. The van der Waals surface area contributed by atoms with Gasteiger partial charge in [-0.3, -0.25) is 0 Å². The summed E-state index contributed by atoms with van der Waals surface area (Å²) in [7, 11) is 0. The minimum Gasteiger partial charge on any atom is -0.356 e. The molecule has 1 saturated heterocycles. The largest absolute Gasteiger partial charge is 0.433 e. The first-order chi connectivity index (χ1) is 9.63.